The van der Waals surface area contributed by atoms with Gasteiger partial charge in [0.05, 0.1) is 24.2 Å². The highest BCUT2D eigenvalue weighted by Gasteiger charge is 2.25. The van der Waals surface area contributed by atoms with Gasteiger partial charge in [-0.05, 0) is 38.1 Å². The topological polar surface area (TPSA) is 122 Å². The number of carbonyl (C=O) groups is 3. The molecule has 0 aliphatic carbocycles. The van der Waals surface area contributed by atoms with Crippen molar-refractivity contribution in [1.82, 2.24) is 10.6 Å². The summed E-state index contributed by atoms with van der Waals surface area (Å²) in [6.45, 7) is 3.68. The van der Waals surface area contributed by atoms with Crippen molar-refractivity contribution in [2.75, 3.05) is 18.5 Å². The number of esters is 1. The zero-order chi connectivity index (χ0) is 21.5. The van der Waals surface area contributed by atoms with Crippen LogP contribution in [0.5, 0.6) is 0 Å². The van der Waals surface area contributed by atoms with Gasteiger partial charge in [0.15, 0.2) is 5.76 Å². The van der Waals surface area contributed by atoms with Gasteiger partial charge in [-0.2, -0.15) is 0 Å². The molecule has 0 unspecified atom stereocenters. The molecule has 30 heavy (non-hydrogen) atoms. The molecular weight excluding hydrogens is 388 g/mol. The summed E-state index contributed by atoms with van der Waals surface area (Å²) in [6.07, 6.45) is 1.37. The fourth-order valence-corrected chi connectivity index (χ4v) is 2.82. The number of amidine groups is 1. The third-order valence-corrected chi connectivity index (χ3v) is 4.19. The van der Waals surface area contributed by atoms with E-state index in [0.717, 1.165) is 0 Å². The van der Waals surface area contributed by atoms with Crippen LogP contribution < -0.4 is 16.0 Å². The molecule has 0 fully saturated rings. The van der Waals surface area contributed by atoms with Crippen LogP contribution in [-0.4, -0.2) is 36.8 Å². The molecule has 1 aliphatic rings. The molecule has 156 valence electrons. The molecule has 0 saturated carbocycles. The Balaban J connectivity index is 1.73. The summed E-state index contributed by atoms with van der Waals surface area (Å²) in [7, 11) is 0. The first-order chi connectivity index (χ1) is 14.5. The van der Waals surface area contributed by atoms with Gasteiger partial charge in [0, 0.05) is 18.7 Å². The van der Waals surface area contributed by atoms with Crippen LogP contribution in [0.1, 0.15) is 30.8 Å². The summed E-state index contributed by atoms with van der Waals surface area (Å²) in [6, 6.07) is 10.4. The molecule has 0 atom stereocenters. The maximum atomic E-state index is 12.5. The van der Waals surface area contributed by atoms with E-state index >= 15 is 0 Å². The van der Waals surface area contributed by atoms with Crippen molar-refractivity contribution in [1.29, 1.82) is 0 Å². The molecule has 0 saturated heterocycles. The van der Waals surface area contributed by atoms with E-state index in [1.807, 2.05) is 12.1 Å². The minimum absolute atomic E-state index is 0.0182. The van der Waals surface area contributed by atoms with Gasteiger partial charge < -0.3 is 25.1 Å². The van der Waals surface area contributed by atoms with Gasteiger partial charge in [0.2, 0.25) is 5.91 Å². The first-order valence-corrected chi connectivity index (χ1v) is 9.44. The predicted octanol–water partition coefficient (Wildman–Crippen LogP) is 2.51. The van der Waals surface area contributed by atoms with Crippen molar-refractivity contribution in [3.63, 3.8) is 0 Å². The number of carbonyl (C=O) groups excluding carboxylic acids is 3. The summed E-state index contributed by atoms with van der Waals surface area (Å²) in [5, 5.41) is 8.39. The number of aliphatic imine (C=N–C) groups is 1. The molecule has 0 bridgehead atoms. The van der Waals surface area contributed by atoms with Crippen LogP contribution in [0.3, 0.4) is 0 Å². The molecule has 1 aromatic heterocycles. The number of furan rings is 1. The van der Waals surface area contributed by atoms with Crippen molar-refractivity contribution in [3.8, 4) is 0 Å². The van der Waals surface area contributed by atoms with E-state index in [1.54, 1.807) is 32.0 Å². The van der Waals surface area contributed by atoms with E-state index in [9.17, 15) is 14.4 Å². The van der Waals surface area contributed by atoms with Crippen LogP contribution in [0.4, 0.5) is 11.4 Å². The number of nitrogens with zero attached hydrogens (tertiary/aromatic N) is 1. The Kier molecular flexibility index (Phi) is 6.63. The van der Waals surface area contributed by atoms with Crippen LogP contribution in [0, 0.1) is 0 Å². The van der Waals surface area contributed by atoms with Gasteiger partial charge in [-0.3, -0.25) is 9.59 Å². The molecule has 3 rings (SSSR count). The number of fused-ring (bicyclic) bond motifs is 1. The van der Waals surface area contributed by atoms with Gasteiger partial charge in [0.25, 0.3) is 5.91 Å². The van der Waals surface area contributed by atoms with Crippen molar-refractivity contribution < 1.29 is 23.5 Å². The molecule has 1 aromatic carbocycles. The number of allylic oxidation sites excluding steroid dienone is 1. The molecule has 0 radical (unpaired) electrons. The SMILES string of the molecule is CCOC(=O)C1=C(C)Nc2ccccc2N=C1NC(=O)CCNC(=O)c1ccco1. The van der Waals surface area contributed by atoms with Crippen LogP contribution in [-0.2, 0) is 14.3 Å². The largest absolute Gasteiger partial charge is 0.462 e. The Labute approximate surface area is 173 Å². The lowest BCUT2D eigenvalue weighted by Gasteiger charge is -2.13. The van der Waals surface area contributed by atoms with Gasteiger partial charge >= 0.3 is 5.97 Å². The smallest absolute Gasteiger partial charge is 0.343 e. The second-order valence-electron chi connectivity index (χ2n) is 6.35. The number of nitrogens with one attached hydrogen (secondary N) is 3. The second kappa shape index (κ2) is 9.55. The number of rotatable bonds is 6. The highest BCUT2D eigenvalue weighted by molar-refractivity contribution is 6.24. The normalized spacial score (nSPS) is 12.8. The molecule has 9 nitrogen and oxygen atoms in total. The zero-order valence-corrected chi connectivity index (χ0v) is 16.7. The van der Waals surface area contributed by atoms with Crippen molar-refractivity contribution in [3.05, 3.63) is 59.7 Å². The number of anilines is 1. The minimum Gasteiger partial charge on any atom is -0.462 e. The van der Waals surface area contributed by atoms with E-state index in [2.05, 4.69) is 20.9 Å². The fraction of sp³-hybridized carbons (Fsp3) is 0.238. The lowest BCUT2D eigenvalue weighted by molar-refractivity contribution is -0.137. The number of hydrogen-bond acceptors (Lipinski definition) is 7. The van der Waals surface area contributed by atoms with E-state index < -0.39 is 17.8 Å². The second-order valence-corrected chi connectivity index (χ2v) is 6.35. The average Bonchev–Trinajstić information content (AvgIpc) is 3.20. The van der Waals surface area contributed by atoms with Gasteiger partial charge in [0.1, 0.15) is 11.4 Å². The van der Waals surface area contributed by atoms with E-state index in [1.165, 1.54) is 12.3 Å². The van der Waals surface area contributed by atoms with Gasteiger partial charge in [-0.15, -0.1) is 0 Å². The number of para-hydroxylation sites is 2. The number of hydrogen-bond donors (Lipinski definition) is 3. The molecule has 9 heteroatoms. The molecule has 2 heterocycles. The third kappa shape index (κ3) is 4.93. The molecule has 2 aromatic rings. The lowest BCUT2D eigenvalue weighted by Crippen LogP contribution is -2.37. The summed E-state index contributed by atoms with van der Waals surface area (Å²) in [5.74, 6) is -1.18. The van der Waals surface area contributed by atoms with Crippen molar-refractivity contribution in [2.24, 2.45) is 4.99 Å². The third-order valence-electron chi connectivity index (χ3n) is 4.19. The monoisotopic (exact) mass is 410 g/mol. The van der Waals surface area contributed by atoms with Crippen molar-refractivity contribution >= 4 is 35.0 Å². The highest BCUT2D eigenvalue weighted by Crippen LogP contribution is 2.30. The number of benzene rings is 1. The summed E-state index contributed by atoms with van der Waals surface area (Å²) < 4.78 is 10.1. The standard InChI is InChI=1S/C21H22N4O5/c1-3-29-21(28)18-13(2)23-14-7-4-5-8-15(14)24-19(18)25-17(26)10-11-22-20(27)16-9-6-12-30-16/h4-9,12,23H,3,10-11H2,1-2H3,(H,22,27)(H,24,25,26). The Morgan fingerprint density at radius 3 is 2.70 bits per heavy atom. The maximum Gasteiger partial charge on any atom is 0.343 e. The predicted molar refractivity (Wildman–Crippen MR) is 110 cm³/mol. The maximum absolute atomic E-state index is 12.5. The van der Waals surface area contributed by atoms with Crippen LogP contribution in [0.15, 0.2) is 63.3 Å². The lowest BCUT2D eigenvalue weighted by atomic mass is 10.2. The first kappa shape index (κ1) is 20.8. The van der Waals surface area contributed by atoms with Gasteiger partial charge in [-0.1, -0.05) is 12.1 Å². The van der Waals surface area contributed by atoms with Gasteiger partial charge in [-0.25, -0.2) is 9.79 Å². The molecular formula is C21H22N4O5. The quantitative estimate of drug-likeness (QED) is 0.629. The highest BCUT2D eigenvalue weighted by atomic mass is 16.5. The van der Waals surface area contributed by atoms with E-state index in [4.69, 9.17) is 9.15 Å². The van der Waals surface area contributed by atoms with Crippen molar-refractivity contribution in [2.45, 2.75) is 20.3 Å². The zero-order valence-electron chi connectivity index (χ0n) is 16.7. The van der Waals surface area contributed by atoms with Crippen LogP contribution >= 0.6 is 0 Å². The summed E-state index contributed by atoms with van der Waals surface area (Å²) >= 11 is 0. The van der Waals surface area contributed by atoms with Crippen LogP contribution in [0.2, 0.25) is 0 Å². The summed E-state index contributed by atoms with van der Waals surface area (Å²) in [5.41, 5.74) is 1.91. The van der Waals surface area contributed by atoms with E-state index in [0.29, 0.717) is 17.1 Å². The van der Waals surface area contributed by atoms with Crippen LogP contribution in [0.25, 0.3) is 0 Å². The van der Waals surface area contributed by atoms with E-state index in [-0.39, 0.29) is 36.7 Å². The molecule has 1 aliphatic heterocycles. The Hall–Kier alpha value is -3.88. The molecule has 3 N–H and O–H groups in total. The Morgan fingerprint density at radius 2 is 1.97 bits per heavy atom. The minimum atomic E-state index is -0.597. The molecule has 0 spiro atoms. The fourth-order valence-electron chi connectivity index (χ4n) is 2.82. The number of ether oxygens (including phenoxy) is 1. The first-order valence-electron chi connectivity index (χ1n) is 9.44. The Bertz CT molecular complexity index is 1010. The summed E-state index contributed by atoms with van der Waals surface area (Å²) in [4.78, 5) is 41.3. The average molecular weight is 410 g/mol. The molecule has 2 amide bonds. The number of amides is 2. The Morgan fingerprint density at radius 1 is 1.17 bits per heavy atom.